The van der Waals surface area contributed by atoms with E-state index in [4.69, 9.17) is 0 Å². The van der Waals surface area contributed by atoms with Crippen molar-refractivity contribution >= 4 is 37.7 Å². The van der Waals surface area contributed by atoms with E-state index in [1.54, 1.807) is 12.1 Å². The van der Waals surface area contributed by atoms with Crippen LogP contribution in [0.15, 0.2) is 22.7 Å². The lowest BCUT2D eigenvalue weighted by molar-refractivity contribution is -0.117. The zero-order chi connectivity index (χ0) is 13.5. The van der Waals surface area contributed by atoms with Crippen LogP contribution < -0.4 is 4.90 Å². The normalized spacial score (nSPS) is 20.5. The van der Waals surface area contributed by atoms with E-state index in [-0.39, 0.29) is 18.9 Å². The number of anilines is 1. The first-order valence-electron chi connectivity index (χ1n) is 5.29. The first-order valence-corrected chi connectivity index (χ1v) is 7.53. The first kappa shape index (κ1) is 13.5. The lowest BCUT2D eigenvalue weighted by Crippen LogP contribution is -2.27. The van der Waals surface area contributed by atoms with Gasteiger partial charge in [-0.1, -0.05) is 6.07 Å². The Kier molecular flexibility index (Phi) is 3.46. The quantitative estimate of drug-likeness (QED) is 0.778. The minimum Gasteiger partial charge on any atom is -0.310 e. The van der Waals surface area contributed by atoms with E-state index in [9.17, 15) is 17.1 Å². The first-order chi connectivity index (χ1) is 8.29. The molecule has 1 aliphatic heterocycles. The van der Waals surface area contributed by atoms with Crippen LogP contribution in [0.4, 0.5) is 9.57 Å². The van der Waals surface area contributed by atoms with Crippen molar-refractivity contribution in [3.05, 3.63) is 28.2 Å². The van der Waals surface area contributed by atoms with Crippen molar-refractivity contribution in [1.82, 2.24) is 0 Å². The number of aryl methyl sites for hydroxylation is 1. The molecule has 7 heteroatoms. The topological polar surface area (TPSA) is 54.5 Å². The van der Waals surface area contributed by atoms with E-state index >= 15 is 0 Å². The molecule has 0 N–H and O–H groups in total. The number of hydrogen-bond donors (Lipinski definition) is 0. The lowest BCUT2D eigenvalue weighted by Gasteiger charge is -2.18. The SMILES string of the molecule is Cc1ccc(Br)c(N2CC(S(=O)(=O)F)CC2=O)c1. The molecule has 1 fully saturated rings. The van der Waals surface area contributed by atoms with E-state index in [2.05, 4.69) is 15.9 Å². The maximum absolute atomic E-state index is 12.9. The number of carbonyl (C=O) groups is 1. The molecule has 1 unspecified atom stereocenters. The zero-order valence-corrected chi connectivity index (χ0v) is 12.0. The summed E-state index contributed by atoms with van der Waals surface area (Å²) in [4.78, 5) is 13.1. The van der Waals surface area contributed by atoms with Crippen molar-refractivity contribution in [3.8, 4) is 0 Å². The summed E-state index contributed by atoms with van der Waals surface area (Å²) in [6.07, 6.45) is -0.306. The standard InChI is InChI=1S/C11H11BrFNO3S/c1-7-2-3-9(12)10(4-7)14-6-8(5-11(14)15)18(13,16)17/h2-4,8H,5-6H2,1H3. The van der Waals surface area contributed by atoms with Crippen LogP contribution in [0.2, 0.25) is 0 Å². The molecule has 1 heterocycles. The molecule has 1 aromatic carbocycles. The van der Waals surface area contributed by atoms with Crippen molar-refractivity contribution in [2.75, 3.05) is 11.4 Å². The predicted molar refractivity (Wildman–Crippen MR) is 69.7 cm³/mol. The molecule has 0 aromatic heterocycles. The van der Waals surface area contributed by atoms with E-state index in [0.29, 0.717) is 10.2 Å². The monoisotopic (exact) mass is 335 g/mol. The van der Waals surface area contributed by atoms with Gasteiger partial charge in [-0.25, -0.2) is 0 Å². The van der Waals surface area contributed by atoms with Crippen molar-refractivity contribution in [2.24, 2.45) is 0 Å². The van der Waals surface area contributed by atoms with Crippen molar-refractivity contribution in [3.63, 3.8) is 0 Å². The third kappa shape index (κ3) is 2.56. The van der Waals surface area contributed by atoms with Crippen LogP contribution >= 0.6 is 15.9 Å². The Bertz CT molecular complexity index is 602. The van der Waals surface area contributed by atoms with Gasteiger partial charge in [0.15, 0.2) is 0 Å². The fraction of sp³-hybridized carbons (Fsp3) is 0.364. The lowest BCUT2D eigenvalue weighted by atomic mass is 10.2. The van der Waals surface area contributed by atoms with Gasteiger partial charge in [0, 0.05) is 17.4 Å². The Morgan fingerprint density at radius 2 is 2.11 bits per heavy atom. The Morgan fingerprint density at radius 1 is 1.44 bits per heavy atom. The molecule has 0 aliphatic carbocycles. The van der Waals surface area contributed by atoms with Crippen molar-refractivity contribution in [1.29, 1.82) is 0 Å². The highest BCUT2D eigenvalue weighted by Gasteiger charge is 2.39. The second kappa shape index (κ2) is 4.62. The van der Waals surface area contributed by atoms with Crippen molar-refractivity contribution in [2.45, 2.75) is 18.6 Å². The molecule has 98 valence electrons. The molecule has 4 nitrogen and oxygen atoms in total. The third-order valence-corrected chi connectivity index (χ3v) is 4.66. The number of nitrogens with zero attached hydrogens (tertiary/aromatic N) is 1. The molecule has 1 atom stereocenters. The van der Waals surface area contributed by atoms with Crippen molar-refractivity contribution < 1.29 is 17.1 Å². The highest BCUT2D eigenvalue weighted by Crippen LogP contribution is 2.32. The third-order valence-electron chi connectivity index (χ3n) is 2.88. The van der Waals surface area contributed by atoms with Crippen LogP contribution in [-0.2, 0) is 15.0 Å². The zero-order valence-electron chi connectivity index (χ0n) is 9.56. The molecule has 1 aromatic rings. The van der Waals surface area contributed by atoms with Gasteiger partial charge in [0.25, 0.3) is 0 Å². The summed E-state index contributed by atoms with van der Waals surface area (Å²) < 4.78 is 35.3. The second-order valence-electron chi connectivity index (χ2n) is 4.26. The Balaban J connectivity index is 2.35. The fourth-order valence-corrected chi connectivity index (χ4v) is 3.06. The number of benzene rings is 1. The Morgan fingerprint density at radius 3 is 2.67 bits per heavy atom. The molecule has 1 aliphatic rings. The van der Waals surface area contributed by atoms with Crippen LogP contribution in [0, 0.1) is 6.92 Å². The fourth-order valence-electron chi connectivity index (χ4n) is 1.93. The van der Waals surface area contributed by atoms with Crippen LogP contribution in [-0.4, -0.2) is 26.1 Å². The van der Waals surface area contributed by atoms with Gasteiger partial charge in [-0.05, 0) is 40.5 Å². The average molecular weight is 336 g/mol. The summed E-state index contributed by atoms with van der Waals surface area (Å²) in [6.45, 7) is 1.72. The summed E-state index contributed by atoms with van der Waals surface area (Å²) in [5.74, 6) is -0.382. The van der Waals surface area contributed by atoms with Gasteiger partial charge >= 0.3 is 10.2 Å². The average Bonchev–Trinajstić information content (AvgIpc) is 2.64. The summed E-state index contributed by atoms with van der Waals surface area (Å²) in [5.41, 5.74) is 1.51. The Hall–Kier alpha value is -0.950. The molecule has 0 bridgehead atoms. The summed E-state index contributed by atoms with van der Waals surface area (Å²) in [6, 6.07) is 5.39. The maximum Gasteiger partial charge on any atom is 0.307 e. The summed E-state index contributed by atoms with van der Waals surface area (Å²) >= 11 is 3.30. The minimum absolute atomic E-state index is 0.139. The van der Waals surface area contributed by atoms with Gasteiger partial charge in [-0.2, -0.15) is 8.42 Å². The van der Waals surface area contributed by atoms with Gasteiger partial charge in [-0.15, -0.1) is 3.89 Å². The smallest absolute Gasteiger partial charge is 0.307 e. The highest BCUT2D eigenvalue weighted by molar-refractivity contribution is 9.10. The largest absolute Gasteiger partial charge is 0.310 e. The van der Waals surface area contributed by atoms with Gasteiger partial charge in [0.2, 0.25) is 5.91 Å². The number of halogens is 2. The molecule has 1 saturated heterocycles. The molecular weight excluding hydrogens is 325 g/mol. The van der Waals surface area contributed by atoms with Gasteiger partial charge in [-0.3, -0.25) is 4.79 Å². The van der Waals surface area contributed by atoms with E-state index in [1.165, 1.54) is 4.90 Å². The van der Waals surface area contributed by atoms with Gasteiger partial charge in [0.05, 0.1) is 5.69 Å². The summed E-state index contributed by atoms with van der Waals surface area (Å²) in [7, 11) is -4.68. The molecule has 1 amide bonds. The predicted octanol–water partition coefficient (Wildman–Crippen LogP) is 2.16. The summed E-state index contributed by atoms with van der Waals surface area (Å²) in [5, 5.41) is -1.27. The van der Waals surface area contributed by atoms with Gasteiger partial charge in [0.1, 0.15) is 5.25 Å². The molecule has 18 heavy (non-hydrogen) atoms. The molecule has 2 rings (SSSR count). The van der Waals surface area contributed by atoms with E-state index in [0.717, 1.165) is 5.56 Å². The molecule has 0 saturated carbocycles. The minimum atomic E-state index is -4.68. The van der Waals surface area contributed by atoms with Crippen LogP contribution in [0.25, 0.3) is 0 Å². The number of amides is 1. The number of carbonyl (C=O) groups excluding carboxylic acids is 1. The van der Waals surface area contributed by atoms with Crippen LogP contribution in [0.5, 0.6) is 0 Å². The molecule has 0 spiro atoms. The number of hydrogen-bond acceptors (Lipinski definition) is 3. The number of rotatable bonds is 2. The molecule has 0 radical (unpaired) electrons. The van der Waals surface area contributed by atoms with Crippen LogP contribution in [0.3, 0.4) is 0 Å². The molecular formula is C11H11BrFNO3S. The Labute approximate surface area is 113 Å². The van der Waals surface area contributed by atoms with E-state index < -0.39 is 15.5 Å². The second-order valence-corrected chi connectivity index (χ2v) is 6.73. The van der Waals surface area contributed by atoms with Gasteiger partial charge < -0.3 is 4.90 Å². The maximum atomic E-state index is 12.9. The highest BCUT2D eigenvalue weighted by atomic mass is 79.9. The van der Waals surface area contributed by atoms with E-state index in [1.807, 2.05) is 13.0 Å². The van der Waals surface area contributed by atoms with Crippen LogP contribution in [0.1, 0.15) is 12.0 Å².